The van der Waals surface area contributed by atoms with Gasteiger partial charge in [-0.1, -0.05) is 24.3 Å². The summed E-state index contributed by atoms with van der Waals surface area (Å²) in [5.41, 5.74) is 1.96. The van der Waals surface area contributed by atoms with Crippen molar-refractivity contribution in [1.29, 1.82) is 0 Å². The van der Waals surface area contributed by atoms with Gasteiger partial charge in [0.1, 0.15) is 0 Å². The van der Waals surface area contributed by atoms with E-state index >= 15 is 0 Å². The minimum absolute atomic E-state index is 0.00791. The predicted octanol–water partition coefficient (Wildman–Crippen LogP) is 3.61. The van der Waals surface area contributed by atoms with E-state index in [1.165, 1.54) is 7.11 Å². The van der Waals surface area contributed by atoms with Crippen molar-refractivity contribution in [3.05, 3.63) is 70.4 Å². The Morgan fingerprint density at radius 1 is 1.19 bits per heavy atom. The molecule has 5 heteroatoms. The maximum absolute atomic E-state index is 11.1. The summed E-state index contributed by atoms with van der Waals surface area (Å²) in [6.45, 7) is 0.582. The van der Waals surface area contributed by atoms with E-state index in [1.807, 2.05) is 42.6 Å². The number of methoxy groups -OCH3 is 1. The minimum atomic E-state index is -0.421. The fourth-order valence-electron chi connectivity index (χ4n) is 2.45. The first-order chi connectivity index (χ1) is 10.2. The van der Waals surface area contributed by atoms with Gasteiger partial charge in [0.05, 0.1) is 12.0 Å². The van der Waals surface area contributed by atoms with Gasteiger partial charge in [-0.2, -0.15) is 0 Å². The number of para-hydroxylation sites is 1. The second-order valence-corrected chi connectivity index (χ2v) is 4.77. The standard InChI is InChI=1S/C16H14N2O3/c1-21-16-7-6-12(10-15(16)18(19)20)11-17-9-8-13-4-2-3-5-14(13)17/h2-10H,11H2,1H3. The Bertz CT molecular complexity index is 808. The first-order valence-electron chi connectivity index (χ1n) is 6.54. The fourth-order valence-corrected chi connectivity index (χ4v) is 2.45. The van der Waals surface area contributed by atoms with Crippen LogP contribution >= 0.6 is 0 Å². The highest BCUT2D eigenvalue weighted by atomic mass is 16.6. The van der Waals surface area contributed by atoms with Gasteiger partial charge in [0.15, 0.2) is 5.75 Å². The maximum Gasteiger partial charge on any atom is 0.311 e. The Balaban J connectivity index is 1.98. The largest absolute Gasteiger partial charge is 0.490 e. The van der Waals surface area contributed by atoms with E-state index in [0.29, 0.717) is 6.54 Å². The number of benzene rings is 2. The molecule has 2 aromatic carbocycles. The smallest absolute Gasteiger partial charge is 0.311 e. The van der Waals surface area contributed by atoms with Gasteiger partial charge < -0.3 is 9.30 Å². The number of fused-ring (bicyclic) bond motifs is 1. The first kappa shape index (κ1) is 13.2. The van der Waals surface area contributed by atoms with Crippen LogP contribution < -0.4 is 4.74 Å². The summed E-state index contributed by atoms with van der Waals surface area (Å²) in [6, 6.07) is 15.1. The summed E-state index contributed by atoms with van der Waals surface area (Å²) < 4.78 is 7.09. The lowest BCUT2D eigenvalue weighted by molar-refractivity contribution is -0.385. The molecule has 0 aliphatic heterocycles. The number of ether oxygens (including phenoxy) is 1. The summed E-state index contributed by atoms with van der Waals surface area (Å²) in [5.74, 6) is 0.279. The van der Waals surface area contributed by atoms with Gasteiger partial charge in [-0.05, 0) is 29.1 Å². The molecule has 3 aromatic rings. The molecule has 0 spiro atoms. The lowest BCUT2D eigenvalue weighted by atomic mass is 10.2. The number of hydrogen-bond acceptors (Lipinski definition) is 3. The zero-order valence-corrected chi connectivity index (χ0v) is 11.5. The Kier molecular flexibility index (Phi) is 3.31. The monoisotopic (exact) mass is 282 g/mol. The molecule has 106 valence electrons. The topological polar surface area (TPSA) is 57.3 Å². The molecule has 21 heavy (non-hydrogen) atoms. The first-order valence-corrected chi connectivity index (χ1v) is 6.54. The lowest BCUT2D eigenvalue weighted by Crippen LogP contribution is -2.00. The number of nitro groups is 1. The highest BCUT2D eigenvalue weighted by Crippen LogP contribution is 2.28. The third-order valence-corrected chi connectivity index (χ3v) is 3.47. The number of nitrogens with zero attached hydrogens (tertiary/aromatic N) is 2. The van der Waals surface area contributed by atoms with Gasteiger partial charge in [-0.25, -0.2) is 0 Å². The van der Waals surface area contributed by atoms with Gasteiger partial charge in [0.25, 0.3) is 0 Å². The molecular formula is C16H14N2O3. The quantitative estimate of drug-likeness (QED) is 0.542. The van der Waals surface area contributed by atoms with E-state index in [2.05, 4.69) is 4.57 Å². The van der Waals surface area contributed by atoms with Gasteiger partial charge in [-0.3, -0.25) is 10.1 Å². The third kappa shape index (κ3) is 2.45. The average molecular weight is 282 g/mol. The molecule has 0 amide bonds. The van der Waals surface area contributed by atoms with Gasteiger partial charge in [0.2, 0.25) is 0 Å². The molecule has 0 atom stereocenters. The average Bonchev–Trinajstić information content (AvgIpc) is 2.90. The van der Waals surface area contributed by atoms with Crippen molar-refractivity contribution < 1.29 is 9.66 Å². The van der Waals surface area contributed by atoms with Crippen molar-refractivity contribution in [2.75, 3.05) is 7.11 Å². The molecule has 0 saturated carbocycles. The highest BCUT2D eigenvalue weighted by Gasteiger charge is 2.15. The Labute approximate surface area is 121 Å². The van der Waals surface area contributed by atoms with Crippen LogP contribution in [0.15, 0.2) is 54.7 Å². The van der Waals surface area contributed by atoms with E-state index in [9.17, 15) is 10.1 Å². The molecule has 1 heterocycles. The zero-order chi connectivity index (χ0) is 14.8. The molecular weight excluding hydrogens is 268 g/mol. The SMILES string of the molecule is COc1ccc(Cn2ccc3ccccc32)cc1[N+](=O)[O-]. The van der Waals surface area contributed by atoms with Crippen LogP contribution in [-0.4, -0.2) is 16.6 Å². The molecule has 0 unspecified atom stereocenters. The van der Waals surface area contributed by atoms with E-state index in [0.717, 1.165) is 16.5 Å². The molecule has 0 bridgehead atoms. The normalized spacial score (nSPS) is 10.7. The van der Waals surface area contributed by atoms with Crippen molar-refractivity contribution in [3.8, 4) is 5.75 Å². The van der Waals surface area contributed by atoms with Crippen molar-refractivity contribution in [1.82, 2.24) is 4.57 Å². The second-order valence-electron chi connectivity index (χ2n) is 4.77. The Morgan fingerprint density at radius 3 is 2.76 bits per heavy atom. The Hall–Kier alpha value is -2.82. The van der Waals surface area contributed by atoms with Crippen LogP contribution in [-0.2, 0) is 6.54 Å². The van der Waals surface area contributed by atoms with Crippen LogP contribution in [0.25, 0.3) is 10.9 Å². The van der Waals surface area contributed by atoms with Gasteiger partial charge >= 0.3 is 5.69 Å². The Morgan fingerprint density at radius 2 is 2.00 bits per heavy atom. The lowest BCUT2D eigenvalue weighted by Gasteiger charge is -2.07. The second kappa shape index (κ2) is 5.28. The summed E-state index contributed by atoms with van der Waals surface area (Å²) >= 11 is 0. The van der Waals surface area contributed by atoms with E-state index in [-0.39, 0.29) is 11.4 Å². The number of nitro benzene ring substituents is 1. The number of rotatable bonds is 4. The van der Waals surface area contributed by atoms with Crippen molar-refractivity contribution in [2.45, 2.75) is 6.54 Å². The van der Waals surface area contributed by atoms with Crippen LogP contribution in [0.2, 0.25) is 0 Å². The van der Waals surface area contributed by atoms with Crippen LogP contribution in [0.4, 0.5) is 5.69 Å². The minimum Gasteiger partial charge on any atom is -0.490 e. The predicted molar refractivity (Wildman–Crippen MR) is 80.7 cm³/mol. The molecule has 3 rings (SSSR count). The summed E-state index contributed by atoms with van der Waals surface area (Å²) in [7, 11) is 1.43. The summed E-state index contributed by atoms with van der Waals surface area (Å²) in [4.78, 5) is 10.6. The third-order valence-electron chi connectivity index (χ3n) is 3.47. The molecule has 1 aromatic heterocycles. The summed E-state index contributed by atoms with van der Waals surface area (Å²) in [5, 5.41) is 12.2. The molecule has 5 nitrogen and oxygen atoms in total. The van der Waals surface area contributed by atoms with E-state index in [1.54, 1.807) is 12.1 Å². The molecule has 0 N–H and O–H groups in total. The van der Waals surface area contributed by atoms with Crippen LogP contribution in [0.1, 0.15) is 5.56 Å². The van der Waals surface area contributed by atoms with Crippen LogP contribution in [0.3, 0.4) is 0 Å². The number of hydrogen-bond donors (Lipinski definition) is 0. The van der Waals surface area contributed by atoms with E-state index in [4.69, 9.17) is 4.74 Å². The van der Waals surface area contributed by atoms with Crippen molar-refractivity contribution in [3.63, 3.8) is 0 Å². The molecule has 0 aliphatic rings. The van der Waals surface area contributed by atoms with Crippen molar-refractivity contribution in [2.24, 2.45) is 0 Å². The highest BCUT2D eigenvalue weighted by molar-refractivity contribution is 5.80. The van der Waals surface area contributed by atoms with E-state index < -0.39 is 4.92 Å². The fraction of sp³-hybridized carbons (Fsp3) is 0.125. The summed E-state index contributed by atoms with van der Waals surface area (Å²) in [6.07, 6.45) is 1.99. The van der Waals surface area contributed by atoms with Crippen molar-refractivity contribution >= 4 is 16.6 Å². The number of aromatic nitrogens is 1. The maximum atomic E-state index is 11.1. The molecule has 0 radical (unpaired) electrons. The molecule has 0 fully saturated rings. The van der Waals surface area contributed by atoms with Gasteiger partial charge in [-0.15, -0.1) is 0 Å². The van der Waals surface area contributed by atoms with Gasteiger partial charge in [0, 0.05) is 24.3 Å². The molecule has 0 saturated heterocycles. The van der Waals surface area contributed by atoms with Crippen LogP contribution in [0.5, 0.6) is 5.75 Å². The molecule has 0 aliphatic carbocycles. The van der Waals surface area contributed by atoms with Crippen LogP contribution in [0, 0.1) is 10.1 Å². The zero-order valence-electron chi connectivity index (χ0n) is 11.5.